The minimum atomic E-state index is -1.03. The first-order valence-corrected chi connectivity index (χ1v) is 12.3. The fourth-order valence-corrected chi connectivity index (χ4v) is 4.74. The molecule has 0 radical (unpaired) electrons. The molecule has 1 amide bonds. The minimum Gasteiger partial charge on any atom is -0.480 e. The number of ether oxygens (including phenoxy) is 2. The van der Waals surface area contributed by atoms with Gasteiger partial charge in [0.25, 0.3) is 0 Å². The summed E-state index contributed by atoms with van der Waals surface area (Å²) in [4.78, 5) is 22.8. The summed E-state index contributed by atoms with van der Waals surface area (Å²) >= 11 is 0. The van der Waals surface area contributed by atoms with Crippen LogP contribution in [0.4, 0.5) is 4.79 Å². The molecule has 0 unspecified atom stereocenters. The van der Waals surface area contributed by atoms with E-state index >= 15 is 0 Å². The number of aliphatic carboxylic acids is 1. The van der Waals surface area contributed by atoms with E-state index < -0.39 is 23.7 Å². The SMILES string of the molecule is C1CCC(NC2CCCCC2)CC1.CC(C)(C)OC(=O)N[C@H](C(=O)O)C1CCOCC1. The number of alkyl carbamates (subject to hydrolysis) is 1. The Morgan fingerprint density at radius 1 is 0.871 bits per heavy atom. The quantitative estimate of drug-likeness (QED) is 0.577. The van der Waals surface area contributed by atoms with Crippen molar-refractivity contribution in [3.63, 3.8) is 0 Å². The number of hydrogen-bond donors (Lipinski definition) is 3. The molecular formula is C24H44N2O5. The summed E-state index contributed by atoms with van der Waals surface area (Å²) in [6.45, 7) is 6.26. The van der Waals surface area contributed by atoms with Crippen LogP contribution in [-0.2, 0) is 14.3 Å². The lowest BCUT2D eigenvalue weighted by Crippen LogP contribution is -2.49. The molecule has 1 saturated heterocycles. The molecule has 2 aliphatic carbocycles. The van der Waals surface area contributed by atoms with E-state index in [0.29, 0.717) is 26.1 Å². The highest BCUT2D eigenvalue weighted by atomic mass is 16.6. The standard InChI is InChI=1S/C12H21NO5.C12H23N/c1-12(2,3)18-11(16)13-9(10(14)15)8-4-6-17-7-5-8;1-3-7-11(8-4-1)13-12-9-5-2-6-10-12/h8-9H,4-7H2,1-3H3,(H,13,16)(H,14,15);11-13H,1-10H2/t9-;/m0./s1. The van der Waals surface area contributed by atoms with Gasteiger partial charge in [0.05, 0.1) is 0 Å². The molecule has 2 saturated carbocycles. The summed E-state index contributed by atoms with van der Waals surface area (Å²) in [7, 11) is 0. The van der Waals surface area contributed by atoms with E-state index in [9.17, 15) is 9.59 Å². The Kier molecular flexibility index (Phi) is 11.1. The molecular weight excluding hydrogens is 396 g/mol. The summed E-state index contributed by atoms with van der Waals surface area (Å²) in [6, 6.07) is 0.831. The summed E-state index contributed by atoms with van der Waals surface area (Å²) in [5.74, 6) is -1.14. The van der Waals surface area contributed by atoms with Gasteiger partial charge in [-0.15, -0.1) is 0 Å². The second-order valence-electron chi connectivity index (χ2n) is 10.2. The average molecular weight is 441 g/mol. The summed E-state index contributed by atoms with van der Waals surface area (Å²) in [5, 5.41) is 15.4. The van der Waals surface area contributed by atoms with Crippen LogP contribution in [0, 0.1) is 5.92 Å². The normalized spacial score (nSPS) is 22.7. The Balaban J connectivity index is 0.000000231. The van der Waals surface area contributed by atoms with Gasteiger partial charge < -0.3 is 25.2 Å². The summed E-state index contributed by atoms with van der Waals surface area (Å²) in [5.41, 5.74) is -0.636. The molecule has 180 valence electrons. The van der Waals surface area contributed by atoms with Gasteiger partial charge in [0, 0.05) is 25.3 Å². The molecule has 3 N–H and O–H groups in total. The van der Waals surface area contributed by atoms with Crippen LogP contribution < -0.4 is 10.6 Å². The largest absolute Gasteiger partial charge is 0.480 e. The predicted molar refractivity (Wildman–Crippen MR) is 121 cm³/mol. The van der Waals surface area contributed by atoms with Crippen molar-refractivity contribution in [3.05, 3.63) is 0 Å². The van der Waals surface area contributed by atoms with Crippen LogP contribution in [0.3, 0.4) is 0 Å². The van der Waals surface area contributed by atoms with Crippen molar-refractivity contribution in [1.29, 1.82) is 0 Å². The van der Waals surface area contributed by atoms with Crippen molar-refractivity contribution in [3.8, 4) is 0 Å². The highest BCUT2D eigenvalue weighted by molar-refractivity contribution is 5.80. The predicted octanol–water partition coefficient (Wildman–Crippen LogP) is 4.63. The fraction of sp³-hybridized carbons (Fsp3) is 0.917. The van der Waals surface area contributed by atoms with Crippen LogP contribution in [-0.4, -0.2) is 54.1 Å². The van der Waals surface area contributed by atoms with E-state index in [1.54, 1.807) is 20.8 Å². The van der Waals surface area contributed by atoms with Crippen LogP contribution >= 0.6 is 0 Å². The Morgan fingerprint density at radius 3 is 1.77 bits per heavy atom. The van der Waals surface area contributed by atoms with Crippen LogP contribution in [0.1, 0.15) is 97.8 Å². The molecule has 1 atom stereocenters. The molecule has 0 aromatic heterocycles. The number of amides is 1. The Labute approximate surface area is 188 Å². The summed E-state index contributed by atoms with van der Waals surface area (Å²) < 4.78 is 10.2. The van der Waals surface area contributed by atoms with E-state index in [4.69, 9.17) is 14.6 Å². The molecule has 0 spiro atoms. The molecule has 1 heterocycles. The smallest absolute Gasteiger partial charge is 0.408 e. The topological polar surface area (TPSA) is 96.9 Å². The Hall–Kier alpha value is -1.34. The van der Waals surface area contributed by atoms with Crippen molar-refractivity contribution < 1.29 is 24.2 Å². The highest BCUT2D eigenvalue weighted by Crippen LogP contribution is 2.23. The number of carbonyl (C=O) groups is 2. The first-order valence-electron chi connectivity index (χ1n) is 12.3. The van der Waals surface area contributed by atoms with E-state index in [0.717, 1.165) is 12.1 Å². The van der Waals surface area contributed by atoms with Gasteiger partial charge in [0.15, 0.2) is 0 Å². The maximum absolute atomic E-state index is 11.6. The van der Waals surface area contributed by atoms with Gasteiger partial charge in [-0.2, -0.15) is 0 Å². The first-order chi connectivity index (χ1) is 14.7. The number of rotatable bonds is 5. The molecule has 3 aliphatic rings. The molecule has 3 rings (SSSR count). The molecule has 7 heteroatoms. The number of nitrogens with one attached hydrogen (secondary N) is 2. The third-order valence-electron chi connectivity index (χ3n) is 6.36. The zero-order valence-electron chi connectivity index (χ0n) is 19.8. The monoisotopic (exact) mass is 440 g/mol. The van der Waals surface area contributed by atoms with Crippen LogP contribution in [0.15, 0.2) is 0 Å². The maximum Gasteiger partial charge on any atom is 0.408 e. The number of carbonyl (C=O) groups excluding carboxylic acids is 1. The third-order valence-corrected chi connectivity index (χ3v) is 6.36. The second-order valence-corrected chi connectivity index (χ2v) is 10.2. The van der Waals surface area contributed by atoms with Crippen LogP contribution in [0.5, 0.6) is 0 Å². The third kappa shape index (κ3) is 10.7. The fourth-order valence-electron chi connectivity index (χ4n) is 4.74. The van der Waals surface area contributed by atoms with Crippen molar-refractivity contribution in [2.45, 2.75) is 122 Å². The van der Waals surface area contributed by atoms with Gasteiger partial charge >= 0.3 is 12.1 Å². The number of carboxylic acid groups (broad SMARTS) is 1. The lowest BCUT2D eigenvalue weighted by molar-refractivity contribution is -0.142. The van der Waals surface area contributed by atoms with Gasteiger partial charge in [-0.05, 0) is 65.2 Å². The van der Waals surface area contributed by atoms with Gasteiger partial charge in [-0.1, -0.05) is 38.5 Å². The molecule has 31 heavy (non-hydrogen) atoms. The van der Waals surface area contributed by atoms with Gasteiger partial charge in [-0.3, -0.25) is 0 Å². The average Bonchev–Trinajstić information content (AvgIpc) is 2.73. The first kappa shape index (κ1) is 25.9. The maximum atomic E-state index is 11.6. The Morgan fingerprint density at radius 2 is 1.35 bits per heavy atom. The van der Waals surface area contributed by atoms with E-state index in [2.05, 4.69) is 10.6 Å². The van der Waals surface area contributed by atoms with Gasteiger partial charge in [-0.25, -0.2) is 9.59 Å². The molecule has 3 fully saturated rings. The zero-order chi connectivity index (χ0) is 22.7. The molecule has 7 nitrogen and oxygen atoms in total. The minimum absolute atomic E-state index is 0.108. The lowest BCUT2D eigenvalue weighted by Gasteiger charge is -2.30. The molecule has 0 aromatic carbocycles. The van der Waals surface area contributed by atoms with Crippen LogP contribution in [0.25, 0.3) is 0 Å². The molecule has 1 aliphatic heterocycles. The van der Waals surface area contributed by atoms with Gasteiger partial charge in [0.2, 0.25) is 0 Å². The van der Waals surface area contributed by atoms with Gasteiger partial charge in [0.1, 0.15) is 11.6 Å². The van der Waals surface area contributed by atoms with Crippen molar-refractivity contribution in [2.24, 2.45) is 5.92 Å². The Bertz CT molecular complexity index is 515. The van der Waals surface area contributed by atoms with E-state index in [-0.39, 0.29) is 5.92 Å². The lowest BCUT2D eigenvalue weighted by atomic mass is 9.91. The molecule has 0 bridgehead atoms. The summed E-state index contributed by atoms with van der Waals surface area (Å²) in [6.07, 6.45) is 15.1. The van der Waals surface area contributed by atoms with E-state index in [1.807, 2.05) is 0 Å². The zero-order valence-corrected chi connectivity index (χ0v) is 19.8. The molecule has 0 aromatic rings. The van der Waals surface area contributed by atoms with Crippen molar-refractivity contribution >= 4 is 12.1 Å². The van der Waals surface area contributed by atoms with E-state index in [1.165, 1.54) is 64.2 Å². The van der Waals surface area contributed by atoms with Crippen molar-refractivity contribution in [1.82, 2.24) is 10.6 Å². The highest BCUT2D eigenvalue weighted by Gasteiger charge is 2.32. The second kappa shape index (κ2) is 13.3. The number of carboxylic acids is 1. The number of hydrogen-bond acceptors (Lipinski definition) is 5. The van der Waals surface area contributed by atoms with Crippen molar-refractivity contribution in [2.75, 3.05) is 13.2 Å². The van der Waals surface area contributed by atoms with Crippen LogP contribution in [0.2, 0.25) is 0 Å².